The van der Waals surface area contributed by atoms with Crippen molar-refractivity contribution < 1.29 is 27.1 Å². The number of fused-ring (bicyclic) bond motifs is 2. The van der Waals surface area contributed by atoms with Crippen LogP contribution >= 0.6 is 11.3 Å². The summed E-state index contributed by atoms with van der Waals surface area (Å²) >= 11 is 1.36. The molecule has 0 unspecified atom stereocenters. The summed E-state index contributed by atoms with van der Waals surface area (Å²) in [5.74, 6) is -1.56. The molecule has 5 rings (SSSR count). The minimum absolute atomic E-state index is 0.000353. The fraction of sp³-hybridized carbons (Fsp3) is 0.333. The smallest absolute Gasteiger partial charge is 0.341 e. The molecule has 0 saturated heterocycles. The summed E-state index contributed by atoms with van der Waals surface area (Å²) in [6.07, 6.45) is 3.68. The van der Waals surface area contributed by atoms with Gasteiger partial charge >= 0.3 is 5.97 Å². The average Bonchev–Trinajstić information content (AvgIpc) is 3.26. The Hall–Kier alpha value is -3.08. The highest BCUT2D eigenvalue weighted by Gasteiger charge is 2.40. The fourth-order valence-electron chi connectivity index (χ4n) is 4.99. The number of benzene rings is 2. The van der Waals surface area contributed by atoms with Gasteiger partial charge in [-0.3, -0.25) is 4.79 Å². The monoisotopic (exact) mass is 542 g/mol. The maximum atomic E-state index is 13.7. The molecular weight excluding hydrogens is 515 g/mol. The first kappa shape index (κ1) is 25.6. The van der Waals surface area contributed by atoms with Gasteiger partial charge in [-0.1, -0.05) is 24.3 Å². The number of sulfonamides is 1. The number of nitrogens with one attached hydrogen (secondary N) is 1. The van der Waals surface area contributed by atoms with Gasteiger partial charge in [-0.15, -0.1) is 11.3 Å². The summed E-state index contributed by atoms with van der Waals surface area (Å²) in [5, 5.41) is 3.28. The van der Waals surface area contributed by atoms with E-state index in [1.54, 1.807) is 6.92 Å². The zero-order valence-corrected chi connectivity index (χ0v) is 22.0. The van der Waals surface area contributed by atoms with E-state index in [2.05, 4.69) is 5.32 Å². The Morgan fingerprint density at radius 2 is 1.78 bits per heavy atom. The Morgan fingerprint density at radius 1 is 1.08 bits per heavy atom. The number of thiophene rings is 1. The zero-order chi connectivity index (χ0) is 26.2. The van der Waals surface area contributed by atoms with E-state index in [0.29, 0.717) is 10.6 Å². The molecule has 0 bridgehead atoms. The van der Waals surface area contributed by atoms with Crippen LogP contribution in [-0.4, -0.2) is 37.2 Å². The van der Waals surface area contributed by atoms with Crippen LogP contribution in [0.4, 0.5) is 9.39 Å². The third kappa shape index (κ3) is 4.93. The highest BCUT2D eigenvalue weighted by molar-refractivity contribution is 7.89. The first-order chi connectivity index (χ1) is 17.8. The van der Waals surface area contributed by atoms with Gasteiger partial charge in [0, 0.05) is 11.4 Å². The Labute approximate surface area is 219 Å². The second kappa shape index (κ2) is 10.4. The van der Waals surface area contributed by atoms with Crippen molar-refractivity contribution in [2.45, 2.75) is 56.5 Å². The SMILES string of the molecule is CCOC(=O)c1c(NC(=O)[C@@H]2Cc3ccccc3CN2S(=O)(=O)c2ccc(F)cc2)sc2c1CCCC2. The minimum Gasteiger partial charge on any atom is -0.462 e. The molecule has 194 valence electrons. The van der Waals surface area contributed by atoms with Crippen molar-refractivity contribution in [2.75, 3.05) is 11.9 Å². The molecule has 3 aromatic rings. The molecule has 1 aliphatic heterocycles. The molecule has 7 nitrogen and oxygen atoms in total. The van der Waals surface area contributed by atoms with Crippen LogP contribution in [-0.2, 0) is 45.4 Å². The maximum absolute atomic E-state index is 13.7. The van der Waals surface area contributed by atoms with Crippen molar-refractivity contribution in [1.29, 1.82) is 0 Å². The van der Waals surface area contributed by atoms with Crippen LogP contribution < -0.4 is 5.32 Å². The van der Waals surface area contributed by atoms with E-state index in [1.165, 1.54) is 23.5 Å². The predicted octanol–water partition coefficient (Wildman–Crippen LogP) is 4.70. The van der Waals surface area contributed by atoms with E-state index >= 15 is 0 Å². The van der Waals surface area contributed by atoms with E-state index in [1.807, 2.05) is 24.3 Å². The van der Waals surface area contributed by atoms with Gasteiger partial charge in [0.15, 0.2) is 0 Å². The molecule has 0 saturated carbocycles. The van der Waals surface area contributed by atoms with Crippen LogP contribution in [0.1, 0.15) is 51.7 Å². The lowest BCUT2D eigenvalue weighted by molar-refractivity contribution is -0.120. The van der Waals surface area contributed by atoms with Crippen molar-refractivity contribution in [2.24, 2.45) is 0 Å². The van der Waals surface area contributed by atoms with Crippen molar-refractivity contribution in [3.05, 3.63) is 81.5 Å². The van der Waals surface area contributed by atoms with Crippen LogP contribution in [0.25, 0.3) is 0 Å². The number of hydrogen-bond donors (Lipinski definition) is 1. The van der Waals surface area contributed by atoms with Gasteiger partial charge < -0.3 is 10.1 Å². The predicted molar refractivity (Wildman–Crippen MR) is 139 cm³/mol. The topological polar surface area (TPSA) is 92.8 Å². The summed E-state index contributed by atoms with van der Waals surface area (Å²) < 4.78 is 47.3. The maximum Gasteiger partial charge on any atom is 0.341 e. The third-order valence-corrected chi connectivity index (χ3v) is 9.89. The molecular formula is C27H27FN2O5S2. The van der Waals surface area contributed by atoms with Crippen LogP contribution in [0.15, 0.2) is 53.4 Å². The van der Waals surface area contributed by atoms with E-state index in [4.69, 9.17) is 4.74 Å². The molecule has 37 heavy (non-hydrogen) atoms. The molecule has 0 fully saturated rings. The number of rotatable bonds is 6. The quantitative estimate of drug-likeness (QED) is 0.456. The van der Waals surface area contributed by atoms with Gasteiger partial charge in [0.25, 0.3) is 0 Å². The van der Waals surface area contributed by atoms with Crippen molar-refractivity contribution in [3.63, 3.8) is 0 Å². The Morgan fingerprint density at radius 3 is 2.51 bits per heavy atom. The van der Waals surface area contributed by atoms with Crippen LogP contribution in [0.2, 0.25) is 0 Å². The van der Waals surface area contributed by atoms with E-state index < -0.39 is 33.8 Å². The second-order valence-electron chi connectivity index (χ2n) is 9.12. The van der Waals surface area contributed by atoms with Crippen LogP contribution in [0.5, 0.6) is 0 Å². The van der Waals surface area contributed by atoms with Gasteiger partial charge in [-0.05, 0) is 80.0 Å². The second-order valence-corrected chi connectivity index (χ2v) is 12.1. The van der Waals surface area contributed by atoms with Crippen molar-refractivity contribution in [1.82, 2.24) is 4.31 Å². The first-order valence-electron chi connectivity index (χ1n) is 12.3. The zero-order valence-electron chi connectivity index (χ0n) is 20.3. The molecule has 2 heterocycles. The van der Waals surface area contributed by atoms with Gasteiger partial charge in [0.1, 0.15) is 16.9 Å². The lowest BCUT2D eigenvalue weighted by atomic mass is 9.94. The molecule has 0 spiro atoms. The first-order valence-corrected chi connectivity index (χ1v) is 14.5. The minimum atomic E-state index is -4.13. The molecule has 2 aliphatic rings. The van der Waals surface area contributed by atoms with Gasteiger partial charge in [-0.2, -0.15) is 4.31 Å². The van der Waals surface area contributed by atoms with Crippen molar-refractivity contribution >= 4 is 38.2 Å². The summed E-state index contributed by atoms with van der Waals surface area (Å²) in [6, 6.07) is 10.9. The van der Waals surface area contributed by atoms with Crippen molar-refractivity contribution in [3.8, 4) is 0 Å². The number of carbonyl (C=O) groups is 2. The summed E-state index contributed by atoms with van der Waals surface area (Å²) in [7, 11) is -4.13. The van der Waals surface area contributed by atoms with Gasteiger partial charge in [-0.25, -0.2) is 17.6 Å². The number of anilines is 1. The number of aryl methyl sites for hydroxylation is 1. The van der Waals surface area contributed by atoms with Gasteiger partial charge in [0.2, 0.25) is 15.9 Å². The van der Waals surface area contributed by atoms with Gasteiger partial charge in [0.05, 0.1) is 17.1 Å². The van der Waals surface area contributed by atoms with E-state index in [-0.39, 0.29) is 24.5 Å². The number of hydrogen-bond acceptors (Lipinski definition) is 6. The molecule has 1 amide bonds. The highest BCUT2D eigenvalue weighted by Crippen LogP contribution is 2.39. The summed E-state index contributed by atoms with van der Waals surface area (Å²) in [6.45, 7) is 1.94. The molecule has 1 aromatic heterocycles. The number of amides is 1. The lowest BCUT2D eigenvalue weighted by Crippen LogP contribution is -2.50. The van der Waals surface area contributed by atoms with Crippen LogP contribution in [0, 0.1) is 5.82 Å². The Kier molecular flexibility index (Phi) is 7.15. The number of carbonyl (C=O) groups excluding carboxylic acids is 2. The number of ether oxygens (including phenoxy) is 1. The molecule has 1 atom stereocenters. The molecule has 2 aromatic carbocycles. The Balaban J connectivity index is 1.52. The number of esters is 1. The molecule has 1 aliphatic carbocycles. The van der Waals surface area contributed by atoms with Crippen LogP contribution in [0.3, 0.4) is 0 Å². The Bertz CT molecular complexity index is 1450. The highest BCUT2D eigenvalue weighted by atomic mass is 32.2. The van der Waals surface area contributed by atoms with E-state index in [9.17, 15) is 22.4 Å². The lowest BCUT2D eigenvalue weighted by Gasteiger charge is -2.35. The third-order valence-electron chi connectivity index (χ3n) is 6.82. The standard InChI is InChI=1S/C27H27FN2O5S2/c1-2-35-27(32)24-21-9-5-6-10-23(21)36-26(24)29-25(31)22-15-17-7-3-4-8-18(17)16-30(22)37(33,34)20-13-11-19(28)12-14-20/h3-4,7-8,11-14,22H,2,5-6,9-10,15-16H2,1H3,(H,29,31)/t22-/m0/s1. The molecule has 1 N–H and O–H groups in total. The summed E-state index contributed by atoms with van der Waals surface area (Å²) in [4.78, 5) is 27.6. The molecule has 10 heteroatoms. The number of halogens is 1. The fourth-order valence-corrected chi connectivity index (χ4v) is 7.83. The van der Waals surface area contributed by atoms with E-state index in [0.717, 1.165) is 63.7 Å². The number of nitrogens with zero attached hydrogens (tertiary/aromatic N) is 1. The largest absolute Gasteiger partial charge is 0.462 e. The average molecular weight is 543 g/mol. The normalized spacial score (nSPS) is 17.5. The summed E-state index contributed by atoms with van der Waals surface area (Å²) in [5.41, 5.74) is 2.97. The molecule has 0 radical (unpaired) electrons.